The van der Waals surface area contributed by atoms with Gasteiger partial charge in [0.15, 0.2) is 0 Å². The largest absolute Gasteiger partial charge is 0.481 e. The minimum absolute atomic E-state index is 0.0135. The minimum Gasteiger partial charge on any atom is -0.481 e. The number of ether oxygens (including phenoxy) is 1. The Morgan fingerprint density at radius 3 is 1.88 bits per heavy atom. The number of unbranched alkanes of at least 4 members (excludes halogenated alkanes) is 5. The third kappa shape index (κ3) is 24.4. The molecule has 4 nitrogen and oxygen atoms in total. The second-order valence-electron chi connectivity index (χ2n) is 8.49. The molecule has 0 rings (SSSR count). The molecule has 0 aromatic rings. The maximum absolute atomic E-state index is 12.1. The maximum Gasteiger partial charge on any atom is 0.306 e. The lowest BCUT2D eigenvalue weighted by Gasteiger charge is -2.17. The van der Waals surface area contributed by atoms with Gasteiger partial charge in [-0.05, 0) is 64.2 Å². The molecule has 0 aromatic heterocycles. The highest BCUT2D eigenvalue weighted by molar-refractivity contribution is 5.69. The summed E-state index contributed by atoms with van der Waals surface area (Å²) in [5.41, 5.74) is 0. The van der Waals surface area contributed by atoms with Crippen molar-refractivity contribution in [1.82, 2.24) is 0 Å². The molecule has 4 heteroatoms. The highest BCUT2D eigenvalue weighted by Gasteiger charge is 2.13. The zero-order valence-corrected chi connectivity index (χ0v) is 21.2. The van der Waals surface area contributed by atoms with E-state index in [0.717, 1.165) is 89.9 Å². The van der Waals surface area contributed by atoms with Crippen LogP contribution in [0.5, 0.6) is 0 Å². The van der Waals surface area contributed by atoms with E-state index in [1.54, 1.807) is 0 Å². The maximum atomic E-state index is 12.1. The second kappa shape index (κ2) is 24.5. The van der Waals surface area contributed by atoms with Crippen LogP contribution in [0, 0.1) is 0 Å². The average Bonchev–Trinajstić information content (AvgIpc) is 2.79. The van der Waals surface area contributed by atoms with E-state index in [2.05, 4.69) is 62.5 Å². The molecule has 0 heterocycles. The molecule has 0 spiro atoms. The van der Waals surface area contributed by atoms with Crippen LogP contribution in [0.15, 0.2) is 48.6 Å². The number of aliphatic carboxylic acids is 1. The normalized spacial score (nSPS) is 13.0. The Balaban J connectivity index is 4.13. The highest BCUT2D eigenvalue weighted by Crippen LogP contribution is 2.16. The van der Waals surface area contributed by atoms with Gasteiger partial charge in [0.25, 0.3) is 0 Å². The number of carbonyl (C=O) groups excluding carboxylic acids is 1. The van der Waals surface area contributed by atoms with Gasteiger partial charge < -0.3 is 9.84 Å². The lowest BCUT2D eigenvalue weighted by atomic mass is 10.0. The van der Waals surface area contributed by atoms with Gasteiger partial charge in [0, 0.05) is 12.8 Å². The number of allylic oxidation sites excluding steroid dienone is 8. The summed E-state index contributed by atoms with van der Waals surface area (Å²) in [6.45, 7) is 4.22. The number of carboxylic acid groups (broad SMARTS) is 1. The fourth-order valence-electron chi connectivity index (χ4n) is 3.39. The number of carboxylic acids is 1. The van der Waals surface area contributed by atoms with Gasteiger partial charge in [-0.25, -0.2) is 0 Å². The molecule has 0 saturated heterocycles. The van der Waals surface area contributed by atoms with Gasteiger partial charge in [-0.2, -0.15) is 0 Å². The van der Waals surface area contributed by atoms with Crippen molar-refractivity contribution >= 4 is 11.9 Å². The van der Waals surface area contributed by atoms with Crippen molar-refractivity contribution in [1.29, 1.82) is 0 Å². The van der Waals surface area contributed by atoms with Crippen molar-refractivity contribution in [3.05, 3.63) is 48.6 Å². The van der Waals surface area contributed by atoms with Crippen LogP contribution >= 0.6 is 0 Å². The van der Waals surface area contributed by atoms with Crippen molar-refractivity contribution < 1.29 is 19.4 Å². The van der Waals surface area contributed by atoms with E-state index in [9.17, 15) is 9.59 Å². The van der Waals surface area contributed by atoms with Crippen LogP contribution in [-0.2, 0) is 14.3 Å². The van der Waals surface area contributed by atoms with Crippen LogP contribution in [0.3, 0.4) is 0 Å². The van der Waals surface area contributed by atoms with Crippen LogP contribution in [0.25, 0.3) is 0 Å². The third-order valence-corrected chi connectivity index (χ3v) is 5.32. The zero-order valence-electron chi connectivity index (χ0n) is 21.2. The molecule has 0 aromatic carbocycles. The summed E-state index contributed by atoms with van der Waals surface area (Å²) >= 11 is 0. The number of carbonyl (C=O) groups is 2. The first-order chi connectivity index (χ1) is 16.1. The molecular formula is C29H48O4. The van der Waals surface area contributed by atoms with Crippen molar-refractivity contribution in [2.75, 3.05) is 0 Å². The molecule has 0 saturated carbocycles. The van der Waals surface area contributed by atoms with Crippen LogP contribution in [-0.4, -0.2) is 23.1 Å². The molecule has 0 radical (unpaired) electrons. The molecular weight excluding hydrogens is 412 g/mol. The molecule has 33 heavy (non-hydrogen) atoms. The summed E-state index contributed by atoms with van der Waals surface area (Å²) in [6.07, 6.45) is 31.7. The first-order valence-electron chi connectivity index (χ1n) is 13.1. The van der Waals surface area contributed by atoms with E-state index < -0.39 is 5.97 Å². The van der Waals surface area contributed by atoms with Crippen molar-refractivity contribution in [3.8, 4) is 0 Å². The zero-order chi connectivity index (χ0) is 24.4. The molecule has 0 bridgehead atoms. The van der Waals surface area contributed by atoms with Crippen LogP contribution in [0.4, 0.5) is 0 Å². The first-order valence-corrected chi connectivity index (χ1v) is 13.1. The summed E-state index contributed by atoms with van der Waals surface area (Å²) in [5.74, 6) is -0.793. The van der Waals surface area contributed by atoms with Crippen LogP contribution in [0.1, 0.15) is 117 Å². The van der Waals surface area contributed by atoms with Crippen molar-refractivity contribution in [2.24, 2.45) is 0 Å². The average molecular weight is 461 g/mol. The Labute approximate surface area is 202 Å². The molecule has 0 aliphatic rings. The number of esters is 1. The lowest BCUT2D eigenvalue weighted by molar-refractivity contribution is -0.150. The summed E-state index contributed by atoms with van der Waals surface area (Å²) in [4.78, 5) is 22.6. The van der Waals surface area contributed by atoms with E-state index in [1.807, 2.05) is 0 Å². The topological polar surface area (TPSA) is 63.6 Å². The van der Waals surface area contributed by atoms with Gasteiger partial charge >= 0.3 is 11.9 Å². The van der Waals surface area contributed by atoms with Crippen molar-refractivity contribution in [3.63, 3.8) is 0 Å². The molecule has 188 valence electrons. The van der Waals surface area contributed by atoms with Crippen LogP contribution in [0.2, 0.25) is 0 Å². The predicted octanol–water partition coefficient (Wildman–Crippen LogP) is 8.49. The van der Waals surface area contributed by atoms with Gasteiger partial charge in [-0.15, -0.1) is 0 Å². The SMILES string of the molecule is CC/C=C\C/C=C\C/C=C\C/C=C\CCC(CCCCCCCC(=O)O)OC(=O)CCCC. The van der Waals surface area contributed by atoms with Crippen LogP contribution < -0.4 is 0 Å². The van der Waals surface area contributed by atoms with Gasteiger partial charge in [0.05, 0.1) is 0 Å². The lowest BCUT2D eigenvalue weighted by Crippen LogP contribution is -2.18. The summed E-state index contributed by atoms with van der Waals surface area (Å²) in [6, 6.07) is 0. The quantitative estimate of drug-likeness (QED) is 0.0999. The van der Waals surface area contributed by atoms with E-state index in [4.69, 9.17) is 9.84 Å². The van der Waals surface area contributed by atoms with E-state index >= 15 is 0 Å². The molecule has 0 amide bonds. The molecule has 1 atom stereocenters. The second-order valence-corrected chi connectivity index (χ2v) is 8.49. The first kappa shape index (κ1) is 30.9. The molecule has 0 aliphatic carbocycles. The Morgan fingerprint density at radius 1 is 0.697 bits per heavy atom. The Kier molecular flexibility index (Phi) is 23.0. The number of hydrogen-bond acceptors (Lipinski definition) is 3. The summed E-state index contributed by atoms with van der Waals surface area (Å²) < 4.78 is 5.74. The molecule has 1 N–H and O–H groups in total. The standard InChI is InChI=1S/C29H48O4/c1-3-5-7-8-9-10-11-12-13-14-15-17-20-23-27(33-29(32)26-6-4-2)24-21-18-16-19-22-25-28(30)31/h5,7,9-10,12-13,15,17,27H,3-4,6,8,11,14,16,18-26H2,1-2H3,(H,30,31)/b7-5-,10-9-,13-12-,17-15-. The highest BCUT2D eigenvalue weighted by atomic mass is 16.5. The molecule has 1 unspecified atom stereocenters. The van der Waals surface area contributed by atoms with Gasteiger partial charge in [0.2, 0.25) is 0 Å². The predicted molar refractivity (Wildman–Crippen MR) is 139 cm³/mol. The number of hydrogen-bond donors (Lipinski definition) is 1. The third-order valence-electron chi connectivity index (χ3n) is 5.32. The van der Waals surface area contributed by atoms with Gasteiger partial charge in [-0.3, -0.25) is 9.59 Å². The summed E-state index contributed by atoms with van der Waals surface area (Å²) in [7, 11) is 0. The van der Waals surface area contributed by atoms with E-state index in [1.165, 1.54) is 0 Å². The minimum atomic E-state index is -0.718. The smallest absolute Gasteiger partial charge is 0.306 e. The van der Waals surface area contributed by atoms with Crippen molar-refractivity contribution in [2.45, 2.75) is 123 Å². The van der Waals surface area contributed by atoms with Gasteiger partial charge in [0.1, 0.15) is 6.10 Å². The fourth-order valence-corrected chi connectivity index (χ4v) is 3.39. The Bertz CT molecular complexity index is 586. The molecule has 0 aliphatic heterocycles. The van der Waals surface area contributed by atoms with E-state index in [0.29, 0.717) is 6.42 Å². The fraction of sp³-hybridized carbons (Fsp3) is 0.655. The van der Waals surface area contributed by atoms with E-state index in [-0.39, 0.29) is 18.5 Å². The Hall–Kier alpha value is -2.10. The Morgan fingerprint density at radius 2 is 1.27 bits per heavy atom. The monoisotopic (exact) mass is 460 g/mol. The molecule has 0 fully saturated rings. The summed E-state index contributed by atoms with van der Waals surface area (Å²) in [5, 5.41) is 8.69. The van der Waals surface area contributed by atoms with Gasteiger partial charge in [-0.1, -0.05) is 88.1 Å². The number of rotatable bonds is 22.